The summed E-state index contributed by atoms with van der Waals surface area (Å²) < 4.78 is 50.7. The fraction of sp³-hybridized carbons (Fsp3) is 0.143. The Morgan fingerprint density at radius 1 is 1.16 bits per heavy atom. The lowest BCUT2D eigenvalue weighted by molar-refractivity contribution is -0.119. The van der Waals surface area contributed by atoms with Crippen LogP contribution in [0.4, 0.5) is 10.1 Å². The van der Waals surface area contributed by atoms with E-state index in [-0.39, 0.29) is 27.7 Å². The zero-order chi connectivity index (χ0) is 23.3. The van der Waals surface area contributed by atoms with Crippen molar-refractivity contribution in [3.63, 3.8) is 0 Å². The highest BCUT2D eigenvalue weighted by molar-refractivity contribution is 7.89. The summed E-state index contributed by atoms with van der Waals surface area (Å²) in [6, 6.07) is 10.8. The van der Waals surface area contributed by atoms with Gasteiger partial charge in [0.2, 0.25) is 10.0 Å². The first-order chi connectivity index (χ1) is 15.2. The minimum atomic E-state index is -3.93. The van der Waals surface area contributed by atoms with E-state index >= 15 is 0 Å². The van der Waals surface area contributed by atoms with E-state index in [2.05, 4.69) is 10.0 Å². The van der Waals surface area contributed by atoms with Crippen molar-refractivity contribution >= 4 is 39.2 Å². The predicted octanol–water partition coefficient (Wildman–Crippen LogP) is 3.65. The van der Waals surface area contributed by atoms with E-state index < -0.39 is 34.3 Å². The number of aryl methyl sites for hydroxylation is 1. The Morgan fingerprint density at radius 2 is 1.94 bits per heavy atom. The number of amides is 1. The Balaban J connectivity index is 1.64. The van der Waals surface area contributed by atoms with Crippen molar-refractivity contribution < 1.29 is 31.6 Å². The largest absolute Gasteiger partial charge is 0.468 e. The molecule has 2 N–H and O–H groups in total. The molecule has 0 saturated carbocycles. The van der Waals surface area contributed by atoms with Gasteiger partial charge in [0.25, 0.3) is 5.91 Å². The van der Waals surface area contributed by atoms with Crippen LogP contribution >= 0.6 is 11.6 Å². The smallest absolute Gasteiger partial charge is 0.338 e. The summed E-state index contributed by atoms with van der Waals surface area (Å²) >= 11 is 5.65. The first-order valence-corrected chi connectivity index (χ1v) is 11.1. The Hall–Kier alpha value is -3.21. The summed E-state index contributed by atoms with van der Waals surface area (Å²) in [5.74, 6) is -1.77. The van der Waals surface area contributed by atoms with Gasteiger partial charge in [-0.05, 0) is 55.0 Å². The van der Waals surface area contributed by atoms with Gasteiger partial charge in [-0.15, -0.1) is 0 Å². The number of furan rings is 1. The highest BCUT2D eigenvalue weighted by Gasteiger charge is 2.20. The number of hydrogen-bond acceptors (Lipinski definition) is 6. The molecule has 1 aromatic heterocycles. The maximum Gasteiger partial charge on any atom is 0.338 e. The summed E-state index contributed by atoms with van der Waals surface area (Å²) in [4.78, 5) is 24.3. The van der Waals surface area contributed by atoms with Crippen LogP contribution in [0.1, 0.15) is 21.7 Å². The van der Waals surface area contributed by atoms with Crippen LogP contribution in [0.2, 0.25) is 5.02 Å². The number of benzene rings is 2. The van der Waals surface area contributed by atoms with Crippen molar-refractivity contribution in [1.82, 2.24) is 4.72 Å². The molecule has 32 heavy (non-hydrogen) atoms. The highest BCUT2D eigenvalue weighted by atomic mass is 35.5. The molecule has 2 aromatic carbocycles. The number of anilines is 1. The monoisotopic (exact) mass is 480 g/mol. The average molecular weight is 481 g/mol. The molecule has 0 saturated heterocycles. The zero-order valence-corrected chi connectivity index (χ0v) is 18.3. The van der Waals surface area contributed by atoms with E-state index in [1.165, 1.54) is 36.6 Å². The number of nitrogens with one attached hydrogen (secondary N) is 2. The van der Waals surface area contributed by atoms with Gasteiger partial charge in [-0.3, -0.25) is 4.79 Å². The van der Waals surface area contributed by atoms with Gasteiger partial charge in [-0.1, -0.05) is 17.7 Å². The third kappa shape index (κ3) is 5.94. The van der Waals surface area contributed by atoms with E-state index in [0.717, 1.165) is 6.07 Å². The Morgan fingerprint density at radius 3 is 2.62 bits per heavy atom. The van der Waals surface area contributed by atoms with E-state index in [0.29, 0.717) is 11.3 Å². The summed E-state index contributed by atoms with van der Waals surface area (Å²) in [7, 11) is -3.93. The molecule has 0 fully saturated rings. The summed E-state index contributed by atoms with van der Waals surface area (Å²) in [5, 5.41) is 2.24. The molecule has 0 aliphatic heterocycles. The topological polar surface area (TPSA) is 115 Å². The molecular formula is C21H18ClFN2O6S. The molecule has 11 heteroatoms. The van der Waals surface area contributed by atoms with Crippen LogP contribution in [0.25, 0.3) is 0 Å². The van der Waals surface area contributed by atoms with Gasteiger partial charge in [0.1, 0.15) is 11.6 Å². The summed E-state index contributed by atoms with van der Waals surface area (Å²) in [6.07, 6.45) is 1.42. The van der Waals surface area contributed by atoms with Crippen molar-refractivity contribution in [2.24, 2.45) is 0 Å². The van der Waals surface area contributed by atoms with Crippen LogP contribution in [0, 0.1) is 12.7 Å². The lowest BCUT2D eigenvalue weighted by Crippen LogP contribution is -2.24. The minimum absolute atomic E-state index is 0.0106. The maximum atomic E-state index is 13.2. The van der Waals surface area contributed by atoms with Crippen LogP contribution in [0.15, 0.2) is 64.1 Å². The number of carbonyl (C=O) groups excluding carboxylic acids is 2. The second kappa shape index (κ2) is 9.94. The maximum absolute atomic E-state index is 13.2. The molecule has 0 atom stereocenters. The zero-order valence-electron chi connectivity index (χ0n) is 16.7. The number of sulfonamides is 1. The van der Waals surface area contributed by atoms with E-state index in [4.69, 9.17) is 20.8 Å². The molecule has 168 valence electrons. The van der Waals surface area contributed by atoms with Crippen LogP contribution in [-0.4, -0.2) is 26.9 Å². The molecular weight excluding hydrogens is 463 g/mol. The Labute approximate surface area is 188 Å². The van der Waals surface area contributed by atoms with E-state index in [1.807, 2.05) is 0 Å². The molecule has 0 unspecified atom stereocenters. The quantitative estimate of drug-likeness (QED) is 0.475. The molecule has 1 amide bonds. The van der Waals surface area contributed by atoms with Gasteiger partial charge in [0.05, 0.1) is 28.3 Å². The van der Waals surface area contributed by atoms with Crippen LogP contribution in [0.3, 0.4) is 0 Å². The highest BCUT2D eigenvalue weighted by Crippen LogP contribution is 2.20. The van der Waals surface area contributed by atoms with Crippen LogP contribution < -0.4 is 10.0 Å². The number of esters is 1. The van der Waals surface area contributed by atoms with Gasteiger partial charge in [0, 0.05) is 5.69 Å². The second-order valence-electron chi connectivity index (χ2n) is 6.63. The van der Waals surface area contributed by atoms with Crippen LogP contribution in [0.5, 0.6) is 0 Å². The predicted molar refractivity (Wildman–Crippen MR) is 114 cm³/mol. The van der Waals surface area contributed by atoms with Crippen molar-refractivity contribution in [2.45, 2.75) is 18.4 Å². The lowest BCUT2D eigenvalue weighted by atomic mass is 10.1. The van der Waals surface area contributed by atoms with E-state index in [1.54, 1.807) is 19.1 Å². The fourth-order valence-corrected chi connectivity index (χ4v) is 3.83. The number of hydrogen-bond donors (Lipinski definition) is 2. The number of halogens is 2. The second-order valence-corrected chi connectivity index (χ2v) is 8.81. The SMILES string of the molecule is Cc1ccc(S(=O)(=O)NCc2ccco2)cc1C(=O)OCC(=O)Nc1ccc(F)c(Cl)c1. The van der Waals surface area contributed by atoms with Gasteiger partial charge in [0.15, 0.2) is 6.61 Å². The summed E-state index contributed by atoms with van der Waals surface area (Å²) in [6.45, 7) is 0.904. The molecule has 0 aliphatic rings. The lowest BCUT2D eigenvalue weighted by Gasteiger charge is -2.11. The number of carbonyl (C=O) groups is 2. The standard InChI is InChI=1S/C21H18ClFN2O6S/c1-13-4-6-16(32(28,29)24-11-15-3-2-8-30-15)10-17(13)21(27)31-12-20(26)25-14-5-7-19(23)18(22)9-14/h2-10,24H,11-12H2,1H3,(H,25,26). The third-order valence-electron chi connectivity index (χ3n) is 4.29. The first-order valence-electron chi connectivity index (χ1n) is 9.20. The van der Waals surface area contributed by atoms with Crippen molar-refractivity contribution in [3.8, 4) is 0 Å². The average Bonchev–Trinajstić information content (AvgIpc) is 3.27. The summed E-state index contributed by atoms with van der Waals surface area (Å²) in [5.41, 5.74) is 0.679. The molecule has 3 aromatic rings. The normalized spacial score (nSPS) is 11.2. The Kier molecular flexibility index (Phi) is 7.29. The third-order valence-corrected chi connectivity index (χ3v) is 5.98. The van der Waals surface area contributed by atoms with Crippen molar-refractivity contribution in [2.75, 3.05) is 11.9 Å². The Bertz CT molecular complexity index is 1250. The molecule has 0 radical (unpaired) electrons. The number of rotatable bonds is 8. The number of ether oxygens (including phenoxy) is 1. The van der Waals surface area contributed by atoms with Gasteiger partial charge >= 0.3 is 5.97 Å². The molecule has 1 heterocycles. The van der Waals surface area contributed by atoms with Gasteiger partial charge in [-0.2, -0.15) is 0 Å². The van der Waals surface area contributed by atoms with Gasteiger partial charge in [-0.25, -0.2) is 22.3 Å². The van der Waals surface area contributed by atoms with E-state index in [9.17, 15) is 22.4 Å². The first kappa shape index (κ1) is 23.5. The van der Waals surface area contributed by atoms with Gasteiger partial charge < -0.3 is 14.5 Å². The van der Waals surface area contributed by atoms with Crippen molar-refractivity contribution in [1.29, 1.82) is 0 Å². The van der Waals surface area contributed by atoms with Crippen LogP contribution in [-0.2, 0) is 26.1 Å². The molecule has 0 spiro atoms. The molecule has 0 bridgehead atoms. The molecule has 8 nitrogen and oxygen atoms in total. The fourth-order valence-electron chi connectivity index (χ4n) is 2.63. The van der Waals surface area contributed by atoms with Crippen molar-refractivity contribution in [3.05, 3.63) is 82.5 Å². The molecule has 0 aliphatic carbocycles. The molecule has 3 rings (SSSR count). The minimum Gasteiger partial charge on any atom is -0.468 e.